The molecular weight excluding hydrogens is 924 g/mol. The SMILES string of the molecule is Cc1cc(CN2CCO[C@@H](CCC(=O)CCc3ccc(C(=O)NC4CCC(CC(=O)CCC(=O)NCCCOCCOCCOCCCNc5ccc([N+](=O)[O-])cc5[N+](=O)[O-])CC4)cc3)C2)ccc1Cl. The van der Waals surface area contributed by atoms with Crippen LogP contribution in [0.15, 0.2) is 60.7 Å². The first-order chi connectivity index (χ1) is 33.8. The molecule has 0 unspecified atom stereocenters. The maximum Gasteiger partial charge on any atom is 0.299 e. The third-order valence-corrected chi connectivity index (χ3v) is 13.0. The van der Waals surface area contributed by atoms with Crippen LogP contribution < -0.4 is 16.0 Å². The van der Waals surface area contributed by atoms with E-state index in [0.717, 1.165) is 67.5 Å². The van der Waals surface area contributed by atoms with Gasteiger partial charge in [-0.15, -0.1) is 0 Å². The van der Waals surface area contributed by atoms with Crippen LogP contribution in [-0.2, 0) is 46.3 Å². The van der Waals surface area contributed by atoms with E-state index >= 15 is 0 Å². The highest BCUT2D eigenvalue weighted by Crippen LogP contribution is 2.30. The maximum atomic E-state index is 13.0. The standard InChI is InChI=1S/C51H69ClN6O12/c1-37-32-40(9-19-47(37)52)35-56-24-27-70-46(36-56)18-16-44(59)15-8-38-4-10-41(11-5-38)51(62)55-42-12-6-39(7-13-42)33-45(60)17-21-50(61)54-23-3-26-68-29-31-69-30-28-67-25-2-22-53-48-20-14-43(57(63)64)34-49(48)58(65)66/h4-5,9-11,14,19-20,32,34,39,42,46,53H,2-3,6-8,12-13,15-18,21-31,33,35-36H2,1H3,(H,54,61)(H,55,62)/t39?,42?,46-/m0/s1. The molecule has 5 rings (SSSR count). The molecule has 19 heteroatoms. The van der Waals surface area contributed by atoms with E-state index in [1.54, 1.807) is 0 Å². The van der Waals surface area contributed by atoms with Crippen molar-refractivity contribution in [1.29, 1.82) is 0 Å². The molecule has 0 aromatic heterocycles. The molecule has 2 fully saturated rings. The number of carbonyl (C=O) groups is 4. The maximum absolute atomic E-state index is 13.0. The van der Waals surface area contributed by atoms with Crippen molar-refractivity contribution in [3.63, 3.8) is 0 Å². The molecule has 0 bridgehead atoms. The van der Waals surface area contributed by atoms with Gasteiger partial charge in [0.25, 0.3) is 17.3 Å². The predicted octanol–water partition coefficient (Wildman–Crippen LogP) is 7.73. The Morgan fingerprint density at radius 1 is 0.771 bits per heavy atom. The Morgan fingerprint density at radius 2 is 1.46 bits per heavy atom. The Balaban J connectivity index is 0.807. The van der Waals surface area contributed by atoms with Crippen LogP contribution >= 0.6 is 11.6 Å². The molecule has 0 spiro atoms. The summed E-state index contributed by atoms with van der Waals surface area (Å²) in [5.41, 5.74) is 3.39. The Bertz CT molecular complexity index is 2170. The number of aryl methyl sites for hydroxylation is 2. The van der Waals surface area contributed by atoms with Crippen molar-refractivity contribution >= 4 is 52.0 Å². The normalized spacial score (nSPS) is 17.1. The minimum Gasteiger partial charge on any atom is -0.379 e. The number of hydrogen-bond acceptors (Lipinski definition) is 14. The van der Waals surface area contributed by atoms with E-state index in [-0.39, 0.29) is 71.3 Å². The molecule has 2 amide bonds. The molecule has 2 aliphatic rings. The highest BCUT2D eigenvalue weighted by atomic mass is 35.5. The van der Waals surface area contributed by atoms with Crippen molar-refractivity contribution in [2.75, 3.05) is 77.7 Å². The molecule has 1 saturated carbocycles. The highest BCUT2D eigenvalue weighted by Gasteiger charge is 2.26. The Labute approximate surface area is 415 Å². The lowest BCUT2D eigenvalue weighted by molar-refractivity contribution is -0.393. The number of nitrogens with zero attached hydrogens (tertiary/aromatic N) is 3. The molecule has 382 valence electrons. The van der Waals surface area contributed by atoms with Crippen LogP contribution in [0.2, 0.25) is 5.02 Å². The average Bonchev–Trinajstić information content (AvgIpc) is 3.35. The molecule has 1 saturated heterocycles. The average molecular weight is 994 g/mol. The van der Waals surface area contributed by atoms with Crippen LogP contribution in [-0.4, -0.2) is 123 Å². The summed E-state index contributed by atoms with van der Waals surface area (Å²) < 4.78 is 22.5. The van der Waals surface area contributed by atoms with Gasteiger partial charge in [0, 0.05) is 101 Å². The van der Waals surface area contributed by atoms with Gasteiger partial charge in [0.1, 0.15) is 17.3 Å². The summed E-state index contributed by atoms with van der Waals surface area (Å²) in [6, 6.07) is 17.1. The molecular formula is C51H69ClN6O12. The van der Waals surface area contributed by atoms with E-state index in [1.165, 1.54) is 17.7 Å². The van der Waals surface area contributed by atoms with E-state index in [4.69, 9.17) is 30.5 Å². The zero-order chi connectivity index (χ0) is 50.1. The minimum atomic E-state index is -0.680. The number of nitro groups is 2. The van der Waals surface area contributed by atoms with Crippen LogP contribution in [0.25, 0.3) is 0 Å². The number of benzene rings is 3. The van der Waals surface area contributed by atoms with Crippen LogP contribution in [0.1, 0.15) is 104 Å². The van der Waals surface area contributed by atoms with Crippen molar-refractivity contribution in [2.24, 2.45) is 5.92 Å². The van der Waals surface area contributed by atoms with Crippen LogP contribution in [0.5, 0.6) is 0 Å². The first-order valence-electron chi connectivity index (χ1n) is 24.5. The molecule has 70 heavy (non-hydrogen) atoms. The van der Waals surface area contributed by atoms with Crippen molar-refractivity contribution in [3.8, 4) is 0 Å². The number of ether oxygens (including phenoxy) is 4. The predicted molar refractivity (Wildman–Crippen MR) is 265 cm³/mol. The molecule has 1 atom stereocenters. The zero-order valence-electron chi connectivity index (χ0n) is 40.3. The third-order valence-electron chi connectivity index (χ3n) is 12.5. The van der Waals surface area contributed by atoms with E-state index in [0.29, 0.717) is 110 Å². The second-order valence-corrected chi connectivity index (χ2v) is 18.5. The van der Waals surface area contributed by atoms with Gasteiger partial charge in [0.05, 0.1) is 55.1 Å². The lowest BCUT2D eigenvalue weighted by Crippen LogP contribution is -2.42. The second-order valence-electron chi connectivity index (χ2n) is 18.1. The molecule has 1 aliphatic carbocycles. The van der Waals surface area contributed by atoms with E-state index in [1.807, 2.05) is 37.3 Å². The molecule has 3 aromatic rings. The topological polar surface area (TPSA) is 231 Å². The highest BCUT2D eigenvalue weighted by molar-refractivity contribution is 6.31. The number of carbonyl (C=O) groups excluding carboxylic acids is 4. The number of ketones is 2. The number of halogens is 1. The van der Waals surface area contributed by atoms with Gasteiger partial charge >= 0.3 is 0 Å². The number of hydrogen-bond donors (Lipinski definition) is 3. The number of rotatable bonds is 32. The van der Waals surface area contributed by atoms with E-state index in [9.17, 15) is 39.4 Å². The Morgan fingerprint density at radius 3 is 2.14 bits per heavy atom. The number of nitro benzene ring substituents is 2. The number of nitrogens with one attached hydrogen (secondary N) is 3. The summed E-state index contributed by atoms with van der Waals surface area (Å²) in [5.74, 6) is 0.246. The van der Waals surface area contributed by atoms with Crippen LogP contribution in [0, 0.1) is 33.1 Å². The number of Topliss-reactive ketones (excluding diaryl/α,β-unsaturated/α-hetero) is 2. The van der Waals surface area contributed by atoms with E-state index < -0.39 is 9.85 Å². The molecule has 1 heterocycles. The summed E-state index contributed by atoms with van der Waals surface area (Å²) in [7, 11) is 0. The van der Waals surface area contributed by atoms with Gasteiger partial charge in [-0.1, -0.05) is 35.9 Å². The largest absolute Gasteiger partial charge is 0.379 e. The molecule has 1 aliphatic heterocycles. The minimum absolute atomic E-state index is 0.0358. The van der Waals surface area contributed by atoms with Gasteiger partial charge in [-0.05, 0) is 105 Å². The van der Waals surface area contributed by atoms with Gasteiger partial charge in [-0.2, -0.15) is 0 Å². The first kappa shape index (κ1) is 55.6. The van der Waals surface area contributed by atoms with Gasteiger partial charge in [-0.3, -0.25) is 44.3 Å². The van der Waals surface area contributed by atoms with Gasteiger partial charge in [-0.25, -0.2) is 0 Å². The lowest BCUT2D eigenvalue weighted by atomic mass is 9.82. The fraction of sp³-hybridized carbons (Fsp3) is 0.569. The third kappa shape index (κ3) is 20.5. The summed E-state index contributed by atoms with van der Waals surface area (Å²) in [6.07, 6.45) is 7.55. The number of anilines is 1. The van der Waals surface area contributed by atoms with Crippen LogP contribution in [0.3, 0.4) is 0 Å². The summed E-state index contributed by atoms with van der Waals surface area (Å²) in [4.78, 5) is 74.0. The zero-order valence-corrected chi connectivity index (χ0v) is 41.1. The number of amides is 2. The fourth-order valence-corrected chi connectivity index (χ4v) is 8.65. The Hall–Kier alpha value is -5.37. The number of morpholine rings is 1. The summed E-state index contributed by atoms with van der Waals surface area (Å²) >= 11 is 6.19. The first-order valence-corrected chi connectivity index (χ1v) is 24.9. The Kier molecular flexibility index (Phi) is 24.1. The van der Waals surface area contributed by atoms with Gasteiger partial charge in [0.15, 0.2) is 0 Å². The smallest absolute Gasteiger partial charge is 0.299 e. The van der Waals surface area contributed by atoms with Crippen molar-refractivity contribution < 1.29 is 48.0 Å². The van der Waals surface area contributed by atoms with Crippen molar-refractivity contribution in [3.05, 3.63) is 108 Å². The molecule has 3 N–H and O–H groups in total. The van der Waals surface area contributed by atoms with Gasteiger partial charge < -0.3 is 34.9 Å². The quantitative estimate of drug-likeness (QED) is 0.0309. The monoisotopic (exact) mass is 992 g/mol. The number of non-ortho nitro benzene ring substituents is 1. The molecule has 3 aromatic carbocycles. The van der Waals surface area contributed by atoms with Crippen LogP contribution in [0.4, 0.5) is 17.1 Å². The fourth-order valence-electron chi connectivity index (χ4n) is 8.54. The van der Waals surface area contributed by atoms with E-state index in [2.05, 4.69) is 33.0 Å². The molecule has 0 radical (unpaired) electrons. The van der Waals surface area contributed by atoms with Crippen molar-refractivity contribution in [1.82, 2.24) is 15.5 Å². The van der Waals surface area contributed by atoms with Gasteiger partial charge in [0.2, 0.25) is 5.91 Å². The summed E-state index contributed by atoms with van der Waals surface area (Å²) in [6.45, 7) is 8.34. The molecule has 18 nitrogen and oxygen atoms in total. The van der Waals surface area contributed by atoms with Crippen molar-refractivity contribution in [2.45, 2.75) is 109 Å². The second kappa shape index (κ2) is 30.4. The lowest BCUT2D eigenvalue weighted by Gasteiger charge is -2.33. The summed E-state index contributed by atoms with van der Waals surface area (Å²) in [5, 5.41) is 31.8.